The van der Waals surface area contributed by atoms with Crippen molar-refractivity contribution in [3.63, 3.8) is 0 Å². The Morgan fingerprint density at radius 3 is 2.37 bits per heavy atom. The summed E-state index contributed by atoms with van der Waals surface area (Å²) in [5.41, 5.74) is 7.19. The van der Waals surface area contributed by atoms with E-state index in [0.717, 1.165) is 24.0 Å². The molecule has 2 aromatic carbocycles. The van der Waals surface area contributed by atoms with Crippen molar-refractivity contribution in [1.29, 1.82) is 0 Å². The Labute approximate surface area is 156 Å². The maximum absolute atomic E-state index is 12.3. The Morgan fingerprint density at radius 1 is 1.04 bits per heavy atom. The molecule has 8 nitrogen and oxygen atoms in total. The molecule has 0 spiro atoms. The molecule has 2 aromatic rings. The van der Waals surface area contributed by atoms with Crippen LogP contribution in [0.3, 0.4) is 0 Å². The topological polar surface area (TPSA) is 113 Å². The lowest BCUT2D eigenvalue weighted by Gasteiger charge is -2.11. The van der Waals surface area contributed by atoms with E-state index in [9.17, 15) is 19.7 Å². The molecule has 27 heavy (non-hydrogen) atoms. The summed E-state index contributed by atoms with van der Waals surface area (Å²) in [6, 6.07) is 9.79. The third-order valence-electron chi connectivity index (χ3n) is 4.31. The minimum Gasteiger partial charge on any atom is -0.377 e. The molecule has 140 valence electrons. The molecular formula is C19H20N4O4. The molecule has 1 aliphatic carbocycles. The lowest BCUT2D eigenvalue weighted by atomic mass is 10.1. The van der Waals surface area contributed by atoms with Crippen molar-refractivity contribution in [3.8, 4) is 0 Å². The summed E-state index contributed by atoms with van der Waals surface area (Å²) in [5, 5.41) is 14.3. The summed E-state index contributed by atoms with van der Waals surface area (Å²) >= 11 is 0. The van der Waals surface area contributed by atoms with Gasteiger partial charge in [0, 0.05) is 23.2 Å². The summed E-state index contributed by atoms with van der Waals surface area (Å²) in [6.07, 6.45) is 1.95. The number of hydrogen-bond acceptors (Lipinski definition) is 5. The first-order valence-electron chi connectivity index (χ1n) is 8.58. The fourth-order valence-electron chi connectivity index (χ4n) is 2.71. The van der Waals surface area contributed by atoms with Crippen molar-refractivity contribution in [2.24, 2.45) is 0 Å². The van der Waals surface area contributed by atoms with E-state index in [0.29, 0.717) is 11.3 Å². The standard InChI is InChI=1S/C19H20N4O4/c1-11-3-7-15(12(2)9-11)19(25)22-21-18(24)13-4-8-16(20-14-5-6-14)17(10-13)23(26)27/h3-4,7-10,14,20H,5-6H2,1-2H3,(H,21,24)(H,22,25). The second kappa shape index (κ2) is 7.45. The van der Waals surface area contributed by atoms with E-state index in [1.165, 1.54) is 18.2 Å². The van der Waals surface area contributed by atoms with Gasteiger partial charge >= 0.3 is 0 Å². The first-order chi connectivity index (χ1) is 12.8. The number of carbonyl (C=O) groups excluding carboxylic acids is 2. The number of amides is 2. The van der Waals surface area contributed by atoms with Crippen LogP contribution in [-0.4, -0.2) is 22.8 Å². The molecule has 2 amide bonds. The van der Waals surface area contributed by atoms with Crippen LogP contribution >= 0.6 is 0 Å². The Bertz CT molecular complexity index is 922. The normalized spacial score (nSPS) is 13.0. The van der Waals surface area contributed by atoms with Gasteiger partial charge < -0.3 is 5.32 Å². The summed E-state index contributed by atoms with van der Waals surface area (Å²) < 4.78 is 0. The number of aryl methyl sites for hydroxylation is 2. The monoisotopic (exact) mass is 368 g/mol. The van der Waals surface area contributed by atoms with Crippen LogP contribution in [0.4, 0.5) is 11.4 Å². The zero-order valence-electron chi connectivity index (χ0n) is 15.0. The highest BCUT2D eigenvalue weighted by Gasteiger charge is 2.25. The van der Waals surface area contributed by atoms with Crippen LogP contribution in [0, 0.1) is 24.0 Å². The molecular weight excluding hydrogens is 348 g/mol. The highest BCUT2D eigenvalue weighted by atomic mass is 16.6. The third-order valence-corrected chi connectivity index (χ3v) is 4.31. The molecule has 3 N–H and O–H groups in total. The lowest BCUT2D eigenvalue weighted by molar-refractivity contribution is -0.384. The molecule has 0 aromatic heterocycles. The predicted octanol–water partition coefficient (Wildman–Crippen LogP) is 2.86. The van der Waals surface area contributed by atoms with Crippen LogP contribution < -0.4 is 16.2 Å². The van der Waals surface area contributed by atoms with E-state index in [-0.39, 0.29) is 17.3 Å². The van der Waals surface area contributed by atoms with Crippen LogP contribution in [0.2, 0.25) is 0 Å². The van der Waals surface area contributed by atoms with Crippen LogP contribution in [-0.2, 0) is 0 Å². The van der Waals surface area contributed by atoms with Gasteiger partial charge in [0.2, 0.25) is 0 Å². The van der Waals surface area contributed by atoms with Gasteiger partial charge in [-0.2, -0.15) is 0 Å². The summed E-state index contributed by atoms with van der Waals surface area (Å²) in [5.74, 6) is -1.09. The fraction of sp³-hybridized carbons (Fsp3) is 0.263. The molecule has 0 saturated heterocycles. The van der Waals surface area contributed by atoms with Gasteiger partial charge in [0.05, 0.1) is 4.92 Å². The number of rotatable bonds is 5. The molecule has 1 aliphatic rings. The maximum atomic E-state index is 12.3. The first-order valence-corrected chi connectivity index (χ1v) is 8.58. The molecule has 1 fully saturated rings. The Morgan fingerprint density at radius 2 is 1.74 bits per heavy atom. The van der Waals surface area contributed by atoms with Gasteiger partial charge in [0.15, 0.2) is 0 Å². The molecule has 0 radical (unpaired) electrons. The summed E-state index contributed by atoms with van der Waals surface area (Å²) in [7, 11) is 0. The zero-order valence-corrected chi connectivity index (χ0v) is 15.0. The van der Waals surface area contributed by atoms with Crippen molar-refractivity contribution < 1.29 is 14.5 Å². The van der Waals surface area contributed by atoms with Gasteiger partial charge in [-0.1, -0.05) is 17.7 Å². The fourth-order valence-corrected chi connectivity index (χ4v) is 2.71. The zero-order chi connectivity index (χ0) is 19.6. The first kappa shape index (κ1) is 18.4. The van der Waals surface area contributed by atoms with Crippen LogP contribution in [0.5, 0.6) is 0 Å². The molecule has 0 aliphatic heterocycles. The second-order valence-corrected chi connectivity index (χ2v) is 6.63. The SMILES string of the molecule is Cc1ccc(C(=O)NNC(=O)c2ccc(NC3CC3)c([N+](=O)[O-])c2)c(C)c1. The van der Waals surface area contributed by atoms with Gasteiger partial charge in [0.25, 0.3) is 17.5 Å². The minimum atomic E-state index is -0.630. The number of nitro groups is 1. The van der Waals surface area contributed by atoms with Crippen molar-refractivity contribution in [2.75, 3.05) is 5.32 Å². The van der Waals surface area contributed by atoms with E-state index in [1.54, 1.807) is 19.1 Å². The van der Waals surface area contributed by atoms with Crippen LogP contribution in [0.15, 0.2) is 36.4 Å². The largest absolute Gasteiger partial charge is 0.377 e. The van der Waals surface area contributed by atoms with Crippen molar-refractivity contribution in [2.45, 2.75) is 32.7 Å². The predicted molar refractivity (Wildman–Crippen MR) is 101 cm³/mol. The molecule has 0 unspecified atom stereocenters. The molecule has 1 saturated carbocycles. The van der Waals surface area contributed by atoms with E-state index >= 15 is 0 Å². The van der Waals surface area contributed by atoms with Crippen molar-refractivity contribution in [1.82, 2.24) is 10.9 Å². The highest BCUT2D eigenvalue weighted by molar-refractivity contribution is 6.00. The Balaban J connectivity index is 1.69. The molecule has 0 atom stereocenters. The number of nitrogens with zero attached hydrogens (tertiary/aromatic N) is 1. The number of hydrazine groups is 1. The molecule has 0 heterocycles. The third kappa shape index (κ3) is 4.41. The minimum absolute atomic E-state index is 0.0870. The number of anilines is 1. The van der Waals surface area contributed by atoms with Gasteiger partial charge in [-0.3, -0.25) is 30.6 Å². The average Bonchev–Trinajstić information content (AvgIpc) is 3.43. The van der Waals surface area contributed by atoms with Gasteiger partial charge in [0.1, 0.15) is 5.69 Å². The Hall–Kier alpha value is -3.42. The second-order valence-electron chi connectivity index (χ2n) is 6.63. The quantitative estimate of drug-likeness (QED) is 0.555. The maximum Gasteiger partial charge on any atom is 0.293 e. The highest BCUT2D eigenvalue weighted by Crippen LogP contribution is 2.31. The van der Waals surface area contributed by atoms with Crippen molar-refractivity contribution >= 4 is 23.2 Å². The van der Waals surface area contributed by atoms with Gasteiger partial charge in [-0.15, -0.1) is 0 Å². The van der Waals surface area contributed by atoms with E-state index < -0.39 is 16.7 Å². The van der Waals surface area contributed by atoms with Crippen LogP contribution in [0.25, 0.3) is 0 Å². The smallest absolute Gasteiger partial charge is 0.293 e. The van der Waals surface area contributed by atoms with Gasteiger partial charge in [-0.25, -0.2) is 0 Å². The van der Waals surface area contributed by atoms with E-state index in [4.69, 9.17) is 0 Å². The number of nitro benzene ring substituents is 1. The summed E-state index contributed by atoms with van der Waals surface area (Å²) in [4.78, 5) is 35.2. The average molecular weight is 368 g/mol. The van der Waals surface area contributed by atoms with E-state index in [1.807, 2.05) is 13.0 Å². The van der Waals surface area contributed by atoms with Gasteiger partial charge in [-0.05, 0) is 50.5 Å². The number of nitrogens with one attached hydrogen (secondary N) is 3. The van der Waals surface area contributed by atoms with Crippen LogP contribution in [0.1, 0.15) is 44.7 Å². The lowest BCUT2D eigenvalue weighted by Crippen LogP contribution is -2.41. The molecule has 0 bridgehead atoms. The van der Waals surface area contributed by atoms with Crippen molar-refractivity contribution in [3.05, 3.63) is 68.8 Å². The number of benzene rings is 2. The summed E-state index contributed by atoms with van der Waals surface area (Å²) in [6.45, 7) is 3.73. The van der Waals surface area contributed by atoms with E-state index in [2.05, 4.69) is 16.2 Å². The molecule has 8 heteroatoms. The number of carbonyl (C=O) groups is 2. The Kier molecular flexibility index (Phi) is 5.07. The molecule has 3 rings (SSSR count). The number of hydrogen-bond donors (Lipinski definition) is 3.